The number of nitrogens with zero attached hydrogens (tertiary/aromatic N) is 2. The summed E-state index contributed by atoms with van der Waals surface area (Å²) in [7, 11) is 0. The van der Waals surface area contributed by atoms with Crippen molar-refractivity contribution in [2.24, 2.45) is 5.92 Å². The topological polar surface area (TPSA) is 53.0 Å². The molecule has 2 aliphatic heterocycles. The van der Waals surface area contributed by atoms with E-state index in [0.29, 0.717) is 18.6 Å². The van der Waals surface area contributed by atoms with Gasteiger partial charge in [0.15, 0.2) is 0 Å². The Morgan fingerprint density at radius 3 is 2.43 bits per heavy atom. The van der Waals surface area contributed by atoms with Gasteiger partial charge in [-0.05, 0) is 65.5 Å². The smallest absolute Gasteiger partial charge is 0.410 e. The number of aliphatic hydroxyl groups is 1. The molecule has 1 unspecified atom stereocenters. The molecule has 0 saturated carbocycles. The molecule has 1 N–H and O–H groups in total. The summed E-state index contributed by atoms with van der Waals surface area (Å²) in [5.74, 6) is 0.465. The first-order valence-corrected chi connectivity index (χ1v) is 8.22. The SMILES string of the molecule is CC(C)(C)OC(=O)N1CCCC(N2CCC(CO)CC2)C1. The molecule has 0 aromatic heterocycles. The Hall–Kier alpha value is -0.810. The third-order valence-corrected chi connectivity index (χ3v) is 4.47. The number of piperidine rings is 2. The Bertz CT molecular complexity index is 346. The van der Waals surface area contributed by atoms with Gasteiger partial charge in [-0.2, -0.15) is 0 Å². The maximum atomic E-state index is 12.2. The molecule has 122 valence electrons. The van der Waals surface area contributed by atoms with Crippen LogP contribution in [-0.2, 0) is 4.74 Å². The first-order chi connectivity index (χ1) is 9.89. The molecule has 0 bridgehead atoms. The monoisotopic (exact) mass is 298 g/mol. The lowest BCUT2D eigenvalue weighted by Crippen LogP contribution is -2.52. The second-order valence-electron chi connectivity index (χ2n) is 7.38. The van der Waals surface area contributed by atoms with Gasteiger partial charge in [-0.25, -0.2) is 4.79 Å². The van der Waals surface area contributed by atoms with Crippen LogP contribution in [-0.4, -0.2) is 65.4 Å². The second kappa shape index (κ2) is 6.97. The van der Waals surface area contributed by atoms with Gasteiger partial charge < -0.3 is 14.7 Å². The fourth-order valence-electron chi connectivity index (χ4n) is 3.25. The molecule has 0 aliphatic carbocycles. The van der Waals surface area contributed by atoms with E-state index in [0.717, 1.165) is 51.9 Å². The average molecular weight is 298 g/mol. The predicted molar refractivity (Wildman–Crippen MR) is 82.2 cm³/mol. The summed E-state index contributed by atoms with van der Waals surface area (Å²) < 4.78 is 5.48. The Labute approximate surface area is 128 Å². The molecule has 2 heterocycles. The Kier molecular flexibility index (Phi) is 5.49. The molecule has 2 aliphatic rings. The van der Waals surface area contributed by atoms with Gasteiger partial charge >= 0.3 is 6.09 Å². The molecule has 5 heteroatoms. The first-order valence-electron chi connectivity index (χ1n) is 8.22. The normalized spacial score (nSPS) is 25.9. The summed E-state index contributed by atoms with van der Waals surface area (Å²) in [6.45, 7) is 9.69. The standard InChI is InChI=1S/C16H30N2O3/c1-16(2,3)21-15(20)18-8-4-5-14(11-18)17-9-6-13(12-19)7-10-17/h13-14,19H,4-12H2,1-3H3. The quantitative estimate of drug-likeness (QED) is 0.848. The maximum Gasteiger partial charge on any atom is 0.410 e. The van der Waals surface area contributed by atoms with Crippen LogP contribution in [0.1, 0.15) is 46.5 Å². The Morgan fingerprint density at radius 2 is 1.86 bits per heavy atom. The van der Waals surface area contributed by atoms with Crippen molar-refractivity contribution in [3.8, 4) is 0 Å². The molecule has 1 amide bonds. The fourth-order valence-corrected chi connectivity index (χ4v) is 3.25. The lowest BCUT2D eigenvalue weighted by molar-refractivity contribution is 0.00586. The van der Waals surface area contributed by atoms with Gasteiger partial charge in [-0.1, -0.05) is 0 Å². The van der Waals surface area contributed by atoms with Crippen molar-refractivity contribution in [2.45, 2.75) is 58.1 Å². The third kappa shape index (κ3) is 4.85. The van der Waals surface area contributed by atoms with Crippen molar-refractivity contribution >= 4 is 6.09 Å². The van der Waals surface area contributed by atoms with Gasteiger partial charge in [0.25, 0.3) is 0 Å². The number of hydrogen-bond donors (Lipinski definition) is 1. The highest BCUT2D eigenvalue weighted by molar-refractivity contribution is 5.68. The van der Waals surface area contributed by atoms with E-state index in [1.807, 2.05) is 25.7 Å². The molecule has 0 spiro atoms. The van der Waals surface area contributed by atoms with Gasteiger partial charge in [0.2, 0.25) is 0 Å². The number of carbonyl (C=O) groups excluding carboxylic acids is 1. The molecule has 2 fully saturated rings. The van der Waals surface area contributed by atoms with Crippen molar-refractivity contribution < 1.29 is 14.6 Å². The third-order valence-electron chi connectivity index (χ3n) is 4.47. The van der Waals surface area contributed by atoms with Crippen LogP contribution in [0.5, 0.6) is 0 Å². The fraction of sp³-hybridized carbons (Fsp3) is 0.938. The van der Waals surface area contributed by atoms with Gasteiger partial charge in [0, 0.05) is 25.7 Å². The molecule has 0 radical (unpaired) electrons. The molecular weight excluding hydrogens is 268 g/mol. The second-order valence-corrected chi connectivity index (χ2v) is 7.38. The van der Waals surface area contributed by atoms with Crippen LogP contribution in [0, 0.1) is 5.92 Å². The highest BCUT2D eigenvalue weighted by Gasteiger charge is 2.32. The van der Waals surface area contributed by atoms with Crippen LogP contribution in [0.2, 0.25) is 0 Å². The lowest BCUT2D eigenvalue weighted by Gasteiger charge is -2.42. The van der Waals surface area contributed by atoms with E-state index in [-0.39, 0.29) is 6.09 Å². The Morgan fingerprint density at radius 1 is 1.19 bits per heavy atom. The van der Waals surface area contributed by atoms with Crippen LogP contribution < -0.4 is 0 Å². The number of rotatable bonds is 2. The van der Waals surface area contributed by atoms with Crippen molar-refractivity contribution in [1.29, 1.82) is 0 Å². The summed E-state index contributed by atoms with van der Waals surface area (Å²) in [5.41, 5.74) is -0.427. The number of hydrogen-bond acceptors (Lipinski definition) is 4. The number of ether oxygens (including phenoxy) is 1. The van der Waals surface area contributed by atoms with Gasteiger partial charge in [-0.15, -0.1) is 0 Å². The number of carbonyl (C=O) groups is 1. The minimum atomic E-state index is -0.427. The van der Waals surface area contributed by atoms with E-state index in [2.05, 4.69) is 4.90 Å². The van der Waals surface area contributed by atoms with E-state index in [4.69, 9.17) is 4.74 Å². The van der Waals surface area contributed by atoms with Crippen LogP contribution in [0.3, 0.4) is 0 Å². The molecule has 21 heavy (non-hydrogen) atoms. The number of likely N-dealkylation sites (tertiary alicyclic amines) is 2. The summed E-state index contributed by atoms with van der Waals surface area (Å²) in [5, 5.41) is 9.22. The molecule has 5 nitrogen and oxygen atoms in total. The lowest BCUT2D eigenvalue weighted by atomic mass is 9.94. The molecular formula is C16H30N2O3. The van der Waals surface area contributed by atoms with Gasteiger partial charge in [0.1, 0.15) is 5.60 Å². The Balaban J connectivity index is 1.85. The van der Waals surface area contributed by atoms with Crippen molar-refractivity contribution in [2.75, 3.05) is 32.8 Å². The van der Waals surface area contributed by atoms with E-state index in [9.17, 15) is 9.90 Å². The van der Waals surface area contributed by atoms with Crippen molar-refractivity contribution in [3.05, 3.63) is 0 Å². The van der Waals surface area contributed by atoms with E-state index >= 15 is 0 Å². The van der Waals surface area contributed by atoms with Crippen LogP contribution in [0.25, 0.3) is 0 Å². The van der Waals surface area contributed by atoms with E-state index < -0.39 is 5.60 Å². The summed E-state index contributed by atoms with van der Waals surface area (Å²) in [6, 6.07) is 0.450. The predicted octanol–water partition coefficient (Wildman–Crippen LogP) is 2.09. The van der Waals surface area contributed by atoms with Crippen molar-refractivity contribution in [1.82, 2.24) is 9.80 Å². The summed E-state index contributed by atoms with van der Waals surface area (Å²) in [6.07, 6.45) is 4.16. The average Bonchev–Trinajstić information content (AvgIpc) is 2.46. The van der Waals surface area contributed by atoms with Crippen LogP contribution in [0.15, 0.2) is 0 Å². The van der Waals surface area contributed by atoms with Crippen molar-refractivity contribution in [3.63, 3.8) is 0 Å². The van der Waals surface area contributed by atoms with Crippen LogP contribution in [0.4, 0.5) is 4.79 Å². The molecule has 0 aromatic carbocycles. The minimum absolute atomic E-state index is 0.183. The number of amides is 1. The highest BCUT2D eigenvalue weighted by Crippen LogP contribution is 2.24. The molecule has 2 saturated heterocycles. The zero-order valence-electron chi connectivity index (χ0n) is 13.7. The van der Waals surface area contributed by atoms with Gasteiger partial charge in [0.05, 0.1) is 0 Å². The number of aliphatic hydroxyl groups excluding tert-OH is 1. The van der Waals surface area contributed by atoms with Gasteiger partial charge in [-0.3, -0.25) is 4.90 Å². The largest absolute Gasteiger partial charge is 0.444 e. The molecule has 2 rings (SSSR count). The molecule has 0 aromatic rings. The van der Waals surface area contributed by atoms with Crippen LogP contribution >= 0.6 is 0 Å². The first kappa shape index (κ1) is 16.6. The molecule has 1 atom stereocenters. The van der Waals surface area contributed by atoms with E-state index in [1.54, 1.807) is 0 Å². The zero-order valence-corrected chi connectivity index (χ0v) is 13.7. The van der Waals surface area contributed by atoms with E-state index in [1.165, 1.54) is 0 Å². The maximum absolute atomic E-state index is 12.2. The summed E-state index contributed by atoms with van der Waals surface area (Å²) >= 11 is 0. The summed E-state index contributed by atoms with van der Waals surface area (Å²) in [4.78, 5) is 16.5. The zero-order chi connectivity index (χ0) is 15.5. The minimum Gasteiger partial charge on any atom is -0.444 e. The highest BCUT2D eigenvalue weighted by atomic mass is 16.6.